The van der Waals surface area contributed by atoms with E-state index in [1.807, 2.05) is 67.8 Å². The summed E-state index contributed by atoms with van der Waals surface area (Å²) in [6, 6.07) is 0. The van der Waals surface area contributed by atoms with E-state index < -0.39 is -0.441 Å². The smallest absolute Gasteiger partial charge is 0.148 e. The molecule has 5 heteroatoms. The Morgan fingerprint density at radius 1 is 1.33 bits per heavy atom. The number of hydrogen-bond acceptors (Lipinski definition) is 2. The minimum absolute atomic E-state index is 0.479. The number of halogens is 3. The summed E-state index contributed by atoms with van der Waals surface area (Å²) in [6.45, 7) is 0. The molecule has 0 aromatic rings. The van der Waals surface area contributed by atoms with E-state index in [0.717, 1.165) is 0 Å². The molecule has 0 aromatic heterocycles. The molecule has 0 fully saturated rings. The molecule has 36 valence electrons. The molecule has 0 saturated heterocycles. The maximum Gasteiger partial charge on any atom is 0.251 e. The normalized spacial score (nSPS) is 11.2. The summed E-state index contributed by atoms with van der Waals surface area (Å²) in [5.74, 6) is 0. The van der Waals surface area contributed by atoms with Gasteiger partial charge >= 0.3 is 0 Å². The Labute approximate surface area is 76.2 Å². The Morgan fingerprint density at radius 2 is 1.50 bits per heavy atom. The SMILES string of the molecule is O=NC(I)(I)I. The molecule has 6 heavy (non-hydrogen) atoms. The van der Waals surface area contributed by atoms with Crippen LogP contribution in [-0.4, -0.2) is -0.441 Å². The highest BCUT2D eigenvalue weighted by Crippen LogP contribution is 2.35. The van der Waals surface area contributed by atoms with Gasteiger partial charge in [-0.05, 0) is 72.9 Å². The lowest BCUT2D eigenvalue weighted by atomic mass is 11.6. The Bertz CT molecular complexity index is 56.3. The Hall–Kier alpha value is 1.79. The summed E-state index contributed by atoms with van der Waals surface area (Å²) < 4.78 is -0.479. The zero-order chi connectivity index (χ0) is 5.21. The van der Waals surface area contributed by atoms with Crippen LogP contribution < -0.4 is 0 Å². The molecule has 0 bridgehead atoms. The lowest BCUT2D eigenvalue weighted by Crippen LogP contribution is -1.86. The van der Waals surface area contributed by atoms with Crippen LogP contribution in [0, 0.1) is 4.91 Å². The molecule has 0 radical (unpaired) electrons. The zero-order valence-corrected chi connectivity index (χ0v) is 8.96. The molecule has 0 aliphatic carbocycles. The topological polar surface area (TPSA) is 29.4 Å². The lowest BCUT2D eigenvalue weighted by Gasteiger charge is -1.93. The van der Waals surface area contributed by atoms with E-state index in [1.165, 1.54) is 0 Å². The largest absolute Gasteiger partial charge is 0.251 e. The fourth-order valence-electron chi connectivity index (χ4n) is 0. The summed E-state index contributed by atoms with van der Waals surface area (Å²) in [4.78, 5) is 9.55. The third-order valence-corrected chi connectivity index (χ3v) is 0.694. The summed E-state index contributed by atoms with van der Waals surface area (Å²) in [5, 5.41) is 2.73. The molecule has 0 atom stereocenters. The molecule has 0 aromatic carbocycles. The molecule has 2 nitrogen and oxygen atoms in total. The summed E-state index contributed by atoms with van der Waals surface area (Å²) in [7, 11) is 0. The van der Waals surface area contributed by atoms with E-state index in [1.54, 1.807) is 0 Å². The molecule has 0 heterocycles. The maximum absolute atomic E-state index is 9.55. The highest BCUT2D eigenvalue weighted by molar-refractivity contribution is 14.3. The van der Waals surface area contributed by atoms with Crippen molar-refractivity contribution in [1.82, 2.24) is 0 Å². The quantitative estimate of drug-likeness (QED) is 0.276. The highest BCUT2D eigenvalue weighted by Gasteiger charge is 2.15. The molecule has 0 aliphatic heterocycles. The zero-order valence-electron chi connectivity index (χ0n) is 2.49. The average molecular weight is 423 g/mol. The molecular weight excluding hydrogens is 423 g/mol. The molecule has 0 unspecified atom stereocenters. The first-order valence-electron chi connectivity index (χ1n) is 0.973. The van der Waals surface area contributed by atoms with E-state index in [0.29, 0.717) is 0 Å². The van der Waals surface area contributed by atoms with Crippen molar-refractivity contribution in [2.45, 2.75) is -0.441 Å². The second-order valence-corrected chi connectivity index (χ2v) is 11.4. The van der Waals surface area contributed by atoms with Gasteiger partial charge in [-0.3, -0.25) is 0 Å². The van der Waals surface area contributed by atoms with E-state index in [-0.39, 0.29) is 0 Å². The van der Waals surface area contributed by atoms with E-state index in [2.05, 4.69) is 5.18 Å². The second-order valence-electron chi connectivity index (χ2n) is 0.559. The van der Waals surface area contributed by atoms with Gasteiger partial charge in [-0.1, -0.05) is 0 Å². The number of alkyl halides is 3. The van der Waals surface area contributed by atoms with Gasteiger partial charge in [-0.15, -0.1) is 4.91 Å². The van der Waals surface area contributed by atoms with Crippen molar-refractivity contribution in [3.05, 3.63) is 4.91 Å². The van der Waals surface area contributed by atoms with Crippen LogP contribution in [0.3, 0.4) is 0 Å². The first kappa shape index (κ1) is 7.79. The van der Waals surface area contributed by atoms with Crippen LogP contribution in [0.1, 0.15) is 0 Å². The van der Waals surface area contributed by atoms with Crippen molar-refractivity contribution in [1.29, 1.82) is 0 Å². The predicted octanol–water partition coefficient (Wildman–Crippen LogP) is 2.67. The molecule has 0 N–H and O–H groups in total. The molecular formula is CI3NO. The number of rotatable bonds is 1. The van der Waals surface area contributed by atoms with Crippen LogP contribution in [0.15, 0.2) is 5.18 Å². The second kappa shape index (κ2) is 2.95. The van der Waals surface area contributed by atoms with Crippen molar-refractivity contribution in [3.8, 4) is 0 Å². The van der Waals surface area contributed by atoms with Crippen molar-refractivity contribution < 1.29 is 0 Å². The highest BCUT2D eigenvalue weighted by atomic mass is 127. The van der Waals surface area contributed by atoms with Gasteiger partial charge in [0.25, 0.3) is -0.441 Å². The van der Waals surface area contributed by atoms with E-state index in [4.69, 9.17) is 0 Å². The molecule has 0 saturated carbocycles. The third kappa shape index (κ3) is 5.79. The van der Waals surface area contributed by atoms with Gasteiger partial charge in [0.1, 0.15) is 0 Å². The summed E-state index contributed by atoms with van der Waals surface area (Å²) in [6.07, 6.45) is 0. The molecule has 0 spiro atoms. The molecule has 0 aliphatic rings. The van der Waals surface area contributed by atoms with Crippen LogP contribution in [0.2, 0.25) is 0 Å². The number of nitroso groups, excluding NO2 is 1. The predicted molar refractivity (Wildman–Crippen MR) is 50.6 cm³/mol. The van der Waals surface area contributed by atoms with Gasteiger partial charge in [-0.2, -0.15) is 0 Å². The van der Waals surface area contributed by atoms with Crippen molar-refractivity contribution in [2.24, 2.45) is 5.18 Å². The minimum atomic E-state index is -0.479. The maximum atomic E-state index is 9.55. The average Bonchev–Trinajstić information content (AvgIpc) is 1.35. The fourth-order valence-corrected chi connectivity index (χ4v) is 0. The van der Waals surface area contributed by atoms with Crippen LogP contribution in [0.4, 0.5) is 0 Å². The van der Waals surface area contributed by atoms with Gasteiger partial charge in [-0.25, -0.2) is 0 Å². The number of nitrogens with zero attached hydrogens (tertiary/aromatic N) is 1. The van der Waals surface area contributed by atoms with Crippen molar-refractivity contribution in [3.63, 3.8) is 0 Å². The van der Waals surface area contributed by atoms with Gasteiger partial charge < -0.3 is 0 Å². The molecule has 0 rings (SSSR count). The van der Waals surface area contributed by atoms with Crippen LogP contribution in [-0.2, 0) is 0 Å². The number of hydrogen-bond donors (Lipinski definition) is 0. The van der Waals surface area contributed by atoms with Crippen LogP contribution >= 0.6 is 67.8 Å². The standard InChI is InChI=1S/CI3NO/c2-1(3,4)5-6. The van der Waals surface area contributed by atoms with Crippen molar-refractivity contribution >= 4 is 67.8 Å². The Morgan fingerprint density at radius 3 is 1.50 bits per heavy atom. The molecule has 0 amide bonds. The minimum Gasteiger partial charge on any atom is -0.148 e. The first-order chi connectivity index (χ1) is 2.56. The summed E-state index contributed by atoms with van der Waals surface area (Å²) >= 11 is 5.80. The Kier molecular flexibility index (Phi) is 3.83. The lowest BCUT2D eigenvalue weighted by molar-refractivity contribution is 1.33. The van der Waals surface area contributed by atoms with Gasteiger partial charge in [0.05, 0.1) is 0 Å². The van der Waals surface area contributed by atoms with Crippen molar-refractivity contribution in [2.75, 3.05) is 0 Å². The van der Waals surface area contributed by atoms with Crippen LogP contribution in [0.5, 0.6) is 0 Å². The van der Waals surface area contributed by atoms with Gasteiger partial charge in [0.15, 0.2) is 0 Å². The first-order valence-corrected chi connectivity index (χ1v) is 4.21. The van der Waals surface area contributed by atoms with Gasteiger partial charge in [0, 0.05) is 0 Å². The van der Waals surface area contributed by atoms with Gasteiger partial charge in [0.2, 0.25) is 0 Å². The fraction of sp³-hybridized carbons (Fsp3) is 1.00. The third-order valence-electron chi connectivity index (χ3n) is 0.104. The summed E-state index contributed by atoms with van der Waals surface area (Å²) in [5.41, 5.74) is 0. The van der Waals surface area contributed by atoms with E-state index in [9.17, 15) is 4.91 Å². The Balaban J connectivity index is 3.45. The van der Waals surface area contributed by atoms with E-state index >= 15 is 0 Å². The van der Waals surface area contributed by atoms with Crippen LogP contribution in [0.25, 0.3) is 0 Å². The monoisotopic (exact) mass is 423 g/mol.